The third-order valence-corrected chi connectivity index (χ3v) is 3.25. The van der Waals surface area contributed by atoms with E-state index < -0.39 is 0 Å². The fourth-order valence-electron chi connectivity index (χ4n) is 2.39. The summed E-state index contributed by atoms with van der Waals surface area (Å²) in [6.45, 7) is 4.09. The number of amides is 1. The van der Waals surface area contributed by atoms with E-state index in [4.69, 9.17) is 4.74 Å². The highest BCUT2D eigenvalue weighted by Crippen LogP contribution is 2.33. The van der Waals surface area contributed by atoms with Crippen LogP contribution in [0.4, 0.5) is 0 Å². The number of Topliss-reactive ketones (excluding diaryl/α,β-unsaturated/α-hetero) is 1. The molecule has 0 spiro atoms. The molecule has 102 valence electrons. The summed E-state index contributed by atoms with van der Waals surface area (Å²) in [6, 6.07) is 5.88. The van der Waals surface area contributed by atoms with E-state index in [0.29, 0.717) is 6.61 Å². The first-order valence-corrected chi connectivity index (χ1v) is 6.59. The van der Waals surface area contributed by atoms with Crippen LogP contribution in [0.2, 0.25) is 0 Å². The highest BCUT2D eigenvalue weighted by molar-refractivity contribution is 5.96. The van der Waals surface area contributed by atoms with Crippen LogP contribution in [0.15, 0.2) is 18.2 Å². The molecular formula is C15H19NO3. The number of hydrogen-bond acceptors (Lipinski definition) is 3. The normalized spacial score (nSPS) is 17.9. The van der Waals surface area contributed by atoms with E-state index in [2.05, 4.69) is 5.32 Å². The molecule has 0 radical (unpaired) electrons. The standard InChI is InChI=1S/C15H19NO3/c1-10-5-3-6-12-13(7-4-8-19-15(10)12)16-14(18)9-11(2)17/h3,5-6,13H,4,7-9H2,1-2H3,(H,16,18). The molecule has 19 heavy (non-hydrogen) atoms. The van der Waals surface area contributed by atoms with Crippen LogP contribution in [0, 0.1) is 6.92 Å². The third-order valence-electron chi connectivity index (χ3n) is 3.25. The maximum Gasteiger partial charge on any atom is 0.227 e. The summed E-state index contributed by atoms with van der Waals surface area (Å²) in [6.07, 6.45) is 1.66. The molecule has 1 aliphatic heterocycles. The molecular weight excluding hydrogens is 242 g/mol. The van der Waals surface area contributed by atoms with Crippen molar-refractivity contribution in [2.75, 3.05) is 6.61 Å². The minimum atomic E-state index is -0.216. The molecule has 4 heteroatoms. The van der Waals surface area contributed by atoms with Gasteiger partial charge in [-0.2, -0.15) is 0 Å². The van der Waals surface area contributed by atoms with Gasteiger partial charge in [-0.1, -0.05) is 18.2 Å². The number of ether oxygens (including phenoxy) is 1. The first-order valence-electron chi connectivity index (χ1n) is 6.59. The lowest BCUT2D eigenvalue weighted by Gasteiger charge is -2.19. The van der Waals surface area contributed by atoms with Gasteiger partial charge in [0.25, 0.3) is 0 Å². The van der Waals surface area contributed by atoms with E-state index in [1.54, 1.807) is 0 Å². The van der Waals surface area contributed by atoms with Crippen molar-refractivity contribution in [3.63, 3.8) is 0 Å². The molecule has 1 aromatic carbocycles. The molecule has 1 amide bonds. The molecule has 0 bridgehead atoms. The van der Waals surface area contributed by atoms with E-state index >= 15 is 0 Å². The first kappa shape index (κ1) is 13.6. The highest BCUT2D eigenvalue weighted by Gasteiger charge is 2.22. The number of fused-ring (bicyclic) bond motifs is 1. The minimum Gasteiger partial charge on any atom is -0.493 e. The average Bonchev–Trinajstić information content (AvgIpc) is 2.52. The summed E-state index contributed by atoms with van der Waals surface area (Å²) < 4.78 is 5.75. The lowest BCUT2D eigenvalue weighted by atomic mass is 9.99. The van der Waals surface area contributed by atoms with Crippen molar-refractivity contribution in [1.29, 1.82) is 0 Å². The van der Waals surface area contributed by atoms with Crippen molar-refractivity contribution in [3.8, 4) is 5.75 Å². The minimum absolute atomic E-state index is 0.0570. The van der Waals surface area contributed by atoms with Crippen molar-refractivity contribution in [2.24, 2.45) is 0 Å². The second-order valence-corrected chi connectivity index (χ2v) is 4.98. The summed E-state index contributed by atoms with van der Waals surface area (Å²) in [7, 11) is 0. The van der Waals surface area contributed by atoms with Crippen molar-refractivity contribution in [1.82, 2.24) is 5.32 Å². The Kier molecular flexibility index (Phi) is 4.20. The van der Waals surface area contributed by atoms with E-state index in [1.165, 1.54) is 6.92 Å². The molecule has 0 fully saturated rings. The monoisotopic (exact) mass is 261 g/mol. The van der Waals surface area contributed by atoms with Crippen LogP contribution in [-0.4, -0.2) is 18.3 Å². The van der Waals surface area contributed by atoms with E-state index in [1.807, 2.05) is 25.1 Å². The zero-order chi connectivity index (χ0) is 13.8. The van der Waals surface area contributed by atoms with Crippen LogP contribution in [0.25, 0.3) is 0 Å². The summed E-state index contributed by atoms with van der Waals surface area (Å²) in [5.74, 6) is 0.534. The van der Waals surface area contributed by atoms with Gasteiger partial charge in [0, 0.05) is 5.56 Å². The van der Waals surface area contributed by atoms with Crippen LogP contribution in [0.3, 0.4) is 0 Å². The number of ketones is 1. The Morgan fingerprint density at radius 2 is 2.21 bits per heavy atom. The Morgan fingerprint density at radius 1 is 1.42 bits per heavy atom. The second kappa shape index (κ2) is 5.87. The maximum absolute atomic E-state index is 11.8. The molecule has 1 heterocycles. The third kappa shape index (κ3) is 3.34. The quantitative estimate of drug-likeness (QED) is 0.849. The number of benzene rings is 1. The molecule has 4 nitrogen and oxygen atoms in total. The highest BCUT2D eigenvalue weighted by atomic mass is 16.5. The number of aryl methyl sites for hydroxylation is 1. The zero-order valence-electron chi connectivity index (χ0n) is 11.4. The number of carbonyl (C=O) groups is 2. The topological polar surface area (TPSA) is 55.4 Å². The van der Waals surface area contributed by atoms with Gasteiger partial charge in [-0.15, -0.1) is 0 Å². The fraction of sp³-hybridized carbons (Fsp3) is 0.467. The SMILES string of the molecule is CC(=O)CC(=O)NC1CCCOc2c(C)cccc21. The largest absolute Gasteiger partial charge is 0.493 e. The predicted molar refractivity (Wildman–Crippen MR) is 72.1 cm³/mol. The number of para-hydroxylation sites is 1. The first-order chi connectivity index (χ1) is 9.08. The van der Waals surface area contributed by atoms with Crippen LogP contribution < -0.4 is 10.1 Å². The van der Waals surface area contributed by atoms with Crippen LogP contribution in [0.5, 0.6) is 5.75 Å². The smallest absolute Gasteiger partial charge is 0.227 e. The summed E-state index contributed by atoms with van der Waals surface area (Å²) in [4.78, 5) is 22.7. The van der Waals surface area contributed by atoms with E-state index in [9.17, 15) is 9.59 Å². The van der Waals surface area contributed by atoms with Gasteiger partial charge >= 0.3 is 0 Å². The molecule has 1 atom stereocenters. The van der Waals surface area contributed by atoms with Crippen molar-refractivity contribution >= 4 is 11.7 Å². The Morgan fingerprint density at radius 3 is 2.95 bits per heavy atom. The van der Waals surface area contributed by atoms with Crippen molar-refractivity contribution < 1.29 is 14.3 Å². The average molecular weight is 261 g/mol. The second-order valence-electron chi connectivity index (χ2n) is 4.98. The van der Waals surface area contributed by atoms with Gasteiger partial charge in [-0.05, 0) is 32.3 Å². The molecule has 0 aliphatic carbocycles. The molecule has 1 aliphatic rings. The van der Waals surface area contributed by atoms with E-state index in [-0.39, 0.29) is 24.2 Å². The Hall–Kier alpha value is -1.84. The zero-order valence-corrected chi connectivity index (χ0v) is 11.4. The molecule has 0 aromatic heterocycles. The molecule has 1 aromatic rings. The molecule has 1 unspecified atom stereocenters. The lowest BCUT2D eigenvalue weighted by Crippen LogP contribution is -2.29. The maximum atomic E-state index is 11.8. The summed E-state index contributed by atoms with van der Waals surface area (Å²) in [5, 5.41) is 2.93. The van der Waals surface area contributed by atoms with Crippen LogP contribution in [0.1, 0.15) is 43.4 Å². The molecule has 2 rings (SSSR count). The molecule has 0 saturated heterocycles. The number of hydrogen-bond donors (Lipinski definition) is 1. The van der Waals surface area contributed by atoms with Crippen molar-refractivity contribution in [2.45, 2.75) is 39.2 Å². The molecule has 1 N–H and O–H groups in total. The van der Waals surface area contributed by atoms with Gasteiger partial charge in [-0.25, -0.2) is 0 Å². The van der Waals surface area contributed by atoms with Crippen LogP contribution >= 0.6 is 0 Å². The van der Waals surface area contributed by atoms with Gasteiger partial charge in [0.15, 0.2) is 0 Å². The van der Waals surface area contributed by atoms with Gasteiger partial charge in [-0.3, -0.25) is 9.59 Å². The Bertz CT molecular complexity index is 496. The van der Waals surface area contributed by atoms with E-state index in [0.717, 1.165) is 29.7 Å². The van der Waals surface area contributed by atoms with Gasteiger partial charge in [0.05, 0.1) is 19.1 Å². The van der Waals surface area contributed by atoms with Crippen molar-refractivity contribution in [3.05, 3.63) is 29.3 Å². The Labute approximate surface area is 113 Å². The molecule has 0 saturated carbocycles. The number of nitrogens with one attached hydrogen (secondary N) is 1. The summed E-state index contributed by atoms with van der Waals surface area (Å²) in [5.41, 5.74) is 2.08. The van der Waals surface area contributed by atoms with Gasteiger partial charge in [0.1, 0.15) is 11.5 Å². The fourth-order valence-corrected chi connectivity index (χ4v) is 2.39. The number of rotatable bonds is 3. The Balaban J connectivity index is 2.20. The van der Waals surface area contributed by atoms with Gasteiger partial charge < -0.3 is 10.1 Å². The van der Waals surface area contributed by atoms with Crippen LogP contribution in [-0.2, 0) is 9.59 Å². The predicted octanol–water partition coefficient (Wildman–Crippen LogP) is 2.30. The lowest BCUT2D eigenvalue weighted by molar-refractivity contribution is -0.127. The number of carbonyl (C=O) groups excluding carboxylic acids is 2. The summed E-state index contributed by atoms with van der Waals surface area (Å²) >= 11 is 0. The van der Waals surface area contributed by atoms with Gasteiger partial charge in [0.2, 0.25) is 5.91 Å².